The summed E-state index contributed by atoms with van der Waals surface area (Å²) in [7, 11) is 0. The fraction of sp³-hybridized carbons (Fsp3) is 0.500. The van der Waals surface area contributed by atoms with Crippen molar-refractivity contribution in [1.29, 1.82) is 0 Å². The van der Waals surface area contributed by atoms with Crippen LogP contribution in [0.3, 0.4) is 0 Å². The normalized spacial score (nSPS) is 12.7. The smallest absolute Gasteiger partial charge is 0.303 e. The van der Waals surface area contributed by atoms with E-state index < -0.39 is 5.97 Å². The number of allylic oxidation sites excluding steroid dienone is 10. The van der Waals surface area contributed by atoms with Crippen molar-refractivity contribution in [3.8, 4) is 0 Å². The summed E-state index contributed by atoms with van der Waals surface area (Å²) in [5.41, 5.74) is 0. The predicted octanol–water partition coefficient (Wildman–Crippen LogP) is 6.77. The van der Waals surface area contributed by atoms with Crippen molar-refractivity contribution >= 4 is 5.97 Å². The van der Waals surface area contributed by atoms with Gasteiger partial charge in [-0.2, -0.15) is 0 Å². The number of rotatable bonds is 15. The number of carboxylic acids is 1. The average molecular weight is 331 g/mol. The van der Waals surface area contributed by atoms with Crippen LogP contribution in [0.1, 0.15) is 71.1 Å². The summed E-state index contributed by atoms with van der Waals surface area (Å²) in [5, 5.41) is 8.49. The highest BCUT2D eigenvalue weighted by molar-refractivity contribution is 5.66. The van der Waals surface area contributed by atoms with Crippen molar-refractivity contribution in [2.45, 2.75) is 71.1 Å². The highest BCUT2D eigenvalue weighted by Gasteiger charge is 1.90. The molecule has 0 unspecified atom stereocenters. The van der Waals surface area contributed by atoms with Crippen molar-refractivity contribution in [1.82, 2.24) is 0 Å². The summed E-state index contributed by atoms with van der Waals surface area (Å²) in [6.07, 6.45) is 31.4. The maximum absolute atomic E-state index is 10.3. The molecule has 0 spiro atoms. The molecular weight excluding hydrogens is 296 g/mol. The number of unbranched alkanes of at least 4 members (excludes halogenated alkanes) is 5. The van der Waals surface area contributed by atoms with E-state index in [9.17, 15) is 4.79 Å². The zero-order valence-electron chi connectivity index (χ0n) is 15.2. The molecule has 134 valence electrons. The van der Waals surface area contributed by atoms with Crippen LogP contribution in [0, 0.1) is 0 Å². The van der Waals surface area contributed by atoms with Gasteiger partial charge in [-0.1, -0.05) is 93.4 Å². The molecule has 0 bridgehead atoms. The van der Waals surface area contributed by atoms with E-state index in [0.717, 1.165) is 12.8 Å². The monoisotopic (exact) mass is 330 g/mol. The molecule has 0 fully saturated rings. The van der Waals surface area contributed by atoms with Crippen LogP contribution in [-0.2, 0) is 4.79 Å². The Balaban J connectivity index is 3.50. The van der Waals surface area contributed by atoms with E-state index >= 15 is 0 Å². The molecule has 0 atom stereocenters. The molecule has 0 aromatic heterocycles. The third-order valence-corrected chi connectivity index (χ3v) is 3.48. The van der Waals surface area contributed by atoms with E-state index in [-0.39, 0.29) is 6.42 Å². The Morgan fingerprint density at radius 2 is 1.33 bits per heavy atom. The van der Waals surface area contributed by atoms with Crippen LogP contribution in [0.25, 0.3) is 0 Å². The highest BCUT2D eigenvalue weighted by Crippen LogP contribution is 2.05. The fourth-order valence-corrected chi connectivity index (χ4v) is 2.10. The Bertz CT molecular complexity index is 425. The van der Waals surface area contributed by atoms with E-state index in [4.69, 9.17) is 5.11 Å². The van der Waals surface area contributed by atoms with Crippen molar-refractivity contribution in [2.24, 2.45) is 0 Å². The molecule has 0 saturated carbocycles. The minimum Gasteiger partial charge on any atom is -0.481 e. The van der Waals surface area contributed by atoms with Gasteiger partial charge in [-0.15, -0.1) is 0 Å². The number of carbonyl (C=O) groups is 1. The number of hydrogen-bond donors (Lipinski definition) is 1. The molecule has 2 heteroatoms. The first-order valence-corrected chi connectivity index (χ1v) is 9.27. The molecule has 2 nitrogen and oxygen atoms in total. The zero-order chi connectivity index (χ0) is 17.7. The standard InChI is InChI=1S/C22H34O2/c1-2-3-4-5-6-7-8-9-10-11-12-13-14-15-16-17-18-19-20-21-22(23)24/h8-13,15-16,18-19H,2-7,14,17,20-21H2,1H3,(H,23,24). The predicted molar refractivity (Wildman–Crippen MR) is 105 cm³/mol. The fourth-order valence-electron chi connectivity index (χ4n) is 2.10. The summed E-state index contributed by atoms with van der Waals surface area (Å²) < 4.78 is 0. The molecule has 0 aromatic rings. The minimum atomic E-state index is -0.741. The van der Waals surface area contributed by atoms with Gasteiger partial charge in [0.25, 0.3) is 0 Å². The first-order chi connectivity index (χ1) is 11.8. The van der Waals surface area contributed by atoms with Crippen LogP contribution < -0.4 is 0 Å². The van der Waals surface area contributed by atoms with Crippen molar-refractivity contribution in [3.63, 3.8) is 0 Å². The first-order valence-electron chi connectivity index (χ1n) is 9.27. The zero-order valence-corrected chi connectivity index (χ0v) is 15.2. The van der Waals surface area contributed by atoms with Crippen LogP contribution in [-0.4, -0.2) is 11.1 Å². The molecule has 0 radical (unpaired) electrons. The van der Waals surface area contributed by atoms with Gasteiger partial charge < -0.3 is 5.11 Å². The number of carboxylic acid groups (broad SMARTS) is 1. The van der Waals surface area contributed by atoms with Crippen LogP contribution in [0.15, 0.2) is 60.8 Å². The van der Waals surface area contributed by atoms with Crippen molar-refractivity contribution in [2.75, 3.05) is 0 Å². The summed E-state index contributed by atoms with van der Waals surface area (Å²) in [5.74, 6) is -0.741. The van der Waals surface area contributed by atoms with Crippen molar-refractivity contribution in [3.05, 3.63) is 60.8 Å². The van der Waals surface area contributed by atoms with Crippen LogP contribution >= 0.6 is 0 Å². The molecule has 0 aromatic carbocycles. The Morgan fingerprint density at radius 1 is 0.708 bits per heavy atom. The molecule has 0 amide bonds. The summed E-state index contributed by atoms with van der Waals surface area (Å²) >= 11 is 0. The van der Waals surface area contributed by atoms with E-state index in [2.05, 4.69) is 55.5 Å². The largest absolute Gasteiger partial charge is 0.481 e. The van der Waals surface area contributed by atoms with Gasteiger partial charge >= 0.3 is 5.97 Å². The Kier molecular flexibility index (Phi) is 17.8. The van der Waals surface area contributed by atoms with Crippen LogP contribution in [0.2, 0.25) is 0 Å². The van der Waals surface area contributed by atoms with Gasteiger partial charge in [-0.05, 0) is 32.1 Å². The third kappa shape index (κ3) is 20.2. The Hall–Kier alpha value is -1.83. The second-order valence-electron chi connectivity index (χ2n) is 5.79. The quantitative estimate of drug-likeness (QED) is 0.204. The van der Waals surface area contributed by atoms with E-state index in [1.807, 2.05) is 12.2 Å². The second-order valence-corrected chi connectivity index (χ2v) is 5.79. The Morgan fingerprint density at radius 3 is 2.04 bits per heavy atom. The SMILES string of the molecule is CCCCCCCC=CC=CC=CCC=CCC=CCCC(=O)O. The Labute approximate surface area is 148 Å². The van der Waals surface area contributed by atoms with Crippen molar-refractivity contribution < 1.29 is 9.90 Å². The maximum atomic E-state index is 10.3. The van der Waals surface area contributed by atoms with Gasteiger partial charge in [-0.25, -0.2) is 0 Å². The lowest BCUT2D eigenvalue weighted by Crippen LogP contribution is -1.91. The minimum absolute atomic E-state index is 0.211. The first kappa shape index (κ1) is 22.2. The molecule has 0 saturated heterocycles. The summed E-state index contributed by atoms with van der Waals surface area (Å²) in [6, 6.07) is 0. The summed E-state index contributed by atoms with van der Waals surface area (Å²) in [6.45, 7) is 2.25. The highest BCUT2D eigenvalue weighted by atomic mass is 16.4. The molecule has 0 aliphatic carbocycles. The van der Waals surface area contributed by atoms with E-state index in [1.54, 1.807) is 0 Å². The lowest BCUT2D eigenvalue weighted by Gasteiger charge is -1.95. The molecule has 1 N–H and O–H groups in total. The molecule has 0 aliphatic heterocycles. The topological polar surface area (TPSA) is 37.3 Å². The van der Waals surface area contributed by atoms with Gasteiger partial charge in [0.1, 0.15) is 0 Å². The van der Waals surface area contributed by atoms with Crippen LogP contribution in [0.5, 0.6) is 0 Å². The van der Waals surface area contributed by atoms with Gasteiger partial charge in [0.2, 0.25) is 0 Å². The number of aliphatic carboxylic acids is 1. The molecule has 0 heterocycles. The molecule has 0 rings (SSSR count). The third-order valence-electron chi connectivity index (χ3n) is 3.48. The van der Waals surface area contributed by atoms with Crippen LogP contribution in [0.4, 0.5) is 0 Å². The summed E-state index contributed by atoms with van der Waals surface area (Å²) in [4.78, 5) is 10.3. The van der Waals surface area contributed by atoms with E-state index in [1.165, 1.54) is 38.5 Å². The number of hydrogen-bond acceptors (Lipinski definition) is 1. The van der Waals surface area contributed by atoms with Gasteiger partial charge in [0.15, 0.2) is 0 Å². The van der Waals surface area contributed by atoms with Gasteiger partial charge in [0.05, 0.1) is 0 Å². The van der Waals surface area contributed by atoms with E-state index in [0.29, 0.717) is 6.42 Å². The van der Waals surface area contributed by atoms with Gasteiger partial charge in [-0.3, -0.25) is 4.79 Å². The second kappa shape index (κ2) is 19.2. The average Bonchev–Trinajstić information content (AvgIpc) is 2.56. The molecular formula is C22H34O2. The van der Waals surface area contributed by atoms with Gasteiger partial charge in [0, 0.05) is 6.42 Å². The molecule has 0 aliphatic rings. The molecule has 24 heavy (non-hydrogen) atoms. The lowest BCUT2D eigenvalue weighted by atomic mass is 10.1. The lowest BCUT2D eigenvalue weighted by molar-refractivity contribution is -0.136. The maximum Gasteiger partial charge on any atom is 0.303 e.